The number of amides is 1. The van der Waals surface area contributed by atoms with Crippen molar-refractivity contribution in [2.75, 3.05) is 11.9 Å². The highest BCUT2D eigenvalue weighted by molar-refractivity contribution is 9.10. The summed E-state index contributed by atoms with van der Waals surface area (Å²) in [7, 11) is 0. The molecule has 0 fully saturated rings. The molecule has 1 aromatic carbocycles. The van der Waals surface area contributed by atoms with E-state index in [2.05, 4.69) is 26.2 Å². The average molecular weight is 311 g/mol. The number of nitrogens with one attached hydrogen (secondary N) is 2. The number of aromatic nitrogens is 1. The lowest BCUT2D eigenvalue weighted by atomic mass is 10.2. The molecule has 2 aromatic rings. The molecule has 1 aromatic heterocycles. The van der Waals surface area contributed by atoms with Gasteiger partial charge in [-0.25, -0.2) is 4.79 Å². The van der Waals surface area contributed by atoms with E-state index in [9.17, 15) is 9.59 Å². The van der Waals surface area contributed by atoms with Crippen LogP contribution in [0.15, 0.2) is 33.5 Å². The number of halogens is 1. The zero-order valence-corrected chi connectivity index (χ0v) is 11.2. The maximum atomic E-state index is 11.5. The maximum absolute atomic E-state index is 11.5. The van der Waals surface area contributed by atoms with Crippen molar-refractivity contribution in [1.29, 1.82) is 0 Å². The van der Waals surface area contributed by atoms with Gasteiger partial charge in [-0.15, -0.1) is 0 Å². The van der Waals surface area contributed by atoms with Crippen LogP contribution >= 0.6 is 15.9 Å². The second-order valence-electron chi connectivity index (χ2n) is 3.58. The first kappa shape index (κ1) is 12.6. The number of fused-ring (bicyclic) bond motifs is 1. The first-order valence-corrected chi connectivity index (χ1v) is 6.16. The number of anilines is 1. The third-order valence-electron chi connectivity index (χ3n) is 2.32. The molecule has 1 amide bonds. The molecule has 18 heavy (non-hydrogen) atoms. The first-order chi connectivity index (χ1) is 8.60. The van der Waals surface area contributed by atoms with Crippen LogP contribution in [0.25, 0.3) is 10.9 Å². The topological polar surface area (TPSA) is 71.2 Å². The van der Waals surface area contributed by atoms with E-state index in [1.165, 1.54) is 6.07 Å². The number of H-pyrrole nitrogens is 1. The summed E-state index contributed by atoms with van der Waals surface area (Å²) >= 11 is 3.35. The standard InChI is InChI=1S/C12H11BrN2O3/c1-2-18-12(17)15-10-6-11(16)14-9-4-3-7(13)5-8(9)10/h3-6H,2H2,1H3,(H2,14,15,16,17). The molecule has 2 N–H and O–H groups in total. The molecule has 0 saturated heterocycles. The van der Waals surface area contributed by atoms with E-state index in [0.717, 1.165) is 9.86 Å². The van der Waals surface area contributed by atoms with Gasteiger partial charge in [0.2, 0.25) is 5.56 Å². The van der Waals surface area contributed by atoms with Crippen molar-refractivity contribution < 1.29 is 9.53 Å². The van der Waals surface area contributed by atoms with Crippen molar-refractivity contribution in [3.63, 3.8) is 0 Å². The van der Waals surface area contributed by atoms with Gasteiger partial charge in [0, 0.05) is 15.9 Å². The largest absolute Gasteiger partial charge is 0.450 e. The molecule has 0 saturated carbocycles. The zero-order chi connectivity index (χ0) is 13.1. The fraction of sp³-hybridized carbons (Fsp3) is 0.167. The van der Waals surface area contributed by atoms with Gasteiger partial charge in [0.1, 0.15) is 0 Å². The number of rotatable bonds is 2. The molecule has 0 atom stereocenters. The van der Waals surface area contributed by atoms with Crippen molar-refractivity contribution >= 4 is 38.6 Å². The Kier molecular flexibility index (Phi) is 3.66. The van der Waals surface area contributed by atoms with Crippen LogP contribution in [0.5, 0.6) is 0 Å². The summed E-state index contributed by atoms with van der Waals surface area (Å²) in [5.74, 6) is 0. The van der Waals surface area contributed by atoms with E-state index >= 15 is 0 Å². The molecular weight excluding hydrogens is 300 g/mol. The Labute approximate surface area is 111 Å². The van der Waals surface area contributed by atoms with E-state index in [1.54, 1.807) is 13.0 Å². The second-order valence-corrected chi connectivity index (χ2v) is 4.50. The normalized spacial score (nSPS) is 10.3. The summed E-state index contributed by atoms with van der Waals surface area (Å²) in [6.07, 6.45) is -0.579. The number of aromatic amines is 1. The number of ether oxygens (including phenoxy) is 1. The van der Waals surface area contributed by atoms with Crippen LogP contribution in [0.4, 0.5) is 10.5 Å². The molecular formula is C12H11BrN2O3. The SMILES string of the molecule is CCOC(=O)Nc1cc(=O)[nH]c2ccc(Br)cc12. The third-order valence-corrected chi connectivity index (χ3v) is 2.81. The first-order valence-electron chi connectivity index (χ1n) is 5.36. The van der Waals surface area contributed by atoms with E-state index in [-0.39, 0.29) is 12.2 Å². The Hall–Kier alpha value is -1.82. The van der Waals surface area contributed by atoms with Gasteiger partial charge in [0.25, 0.3) is 0 Å². The van der Waals surface area contributed by atoms with Crippen molar-refractivity contribution in [2.24, 2.45) is 0 Å². The Morgan fingerprint density at radius 1 is 1.44 bits per heavy atom. The van der Waals surface area contributed by atoms with E-state index in [0.29, 0.717) is 11.2 Å². The molecule has 0 aliphatic carbocycles. The summed E-state index contributed by atoms with van der Waals surface area (Å²) in [6.45, 7) is 1.99. The third kappa shape index (κ3) is 2.70. The minimum Gasteiger partial charge on any atom is -0.450 e. The monoisotopic (exact) mass is 310 g/mol. The van der Waals surface area contributed by atoms with Gasteiger partial charge in [0.15, 0.2) is 0 Å². The summed E-state index contributed by atoms with van der Waals surface area (Å²) in [4.78, 5) is 25.6. The minimum atomic E-state index is -0.579. The van der Waals surface area contributed by atoms with Crippen LogP contribution in [0.3, 0.4) is 0 Å². The Bertz CT molecular complexity index is 651. The van der Waals surface area contributed by atoms with Crippen LogP contribution in [-0.2, 0) is 4.74 Å². The predicted molar refractivity (Wildman–Crippen MR) is 72.9 cm³/mol. The lowest BCUT2D eigenvalue weighted by Gasteiger charge is -2.08. The van der Waals surface area contributed by atoms with Crippen LogP contribution in [0, 0.1) is 0 Å². The summed E-state index contributed by atoms with van der Waals surface area (Å²) in [5.41, 5.74) is 0.794. The van der Waals surface area contributed by atoms with Crippen molar-refractivity contribution in [2.45, 2.75) is 6.92 Å². The van der Waals surface area contributed by atoms with Gasteiger partial charge in [0.05, 0.1) is 17.8 Å². The maximum Gasteiger partial charge on any atom is 0.411 e. The van der Waals surface area contributed by atoms with E-state index in [4.69, 9.17) is 4.74 Å². The number of benzene rings is 1. The van der Waals surface area contributed by atoms with Gasteiger partial charge in [-0.1, -0.05) is 15.9 Å². The molecule has 0 spiro atoms. The minimum absolute atomic E-state index is 0.274. The second kappa shape index (κ2) is 5.22. The lowest BCUT2D eigenvalue weighted by Crippen LogP contribution is -2.16. The number of hydrogen-bond donors (Lipinski definition) is 2. The van der Waals surface area contributed by atoms with Gasteiger partial charge < -0.3 is 9.72 Å². The summed E-state index contributed by atoms with van der Waals surface area (Å²) < 4.78 is 5.65. The highest BCUT2D eigenvalue weighted by Gasteiger charge is 2.08. The number of hydrogen-bond acceptors (Lipinski definition) is 3. The van der Waals surface area contributed by atoms with Crippen LogP contribution in [0.2, 0.25) is 0 Å². The number of carbonyl (C=O) groups is 1. The smallest absolute Gasteiger partial charge is 0.411 e. The van der Waals surface area contributed by atoms with Crippen LogP contribution < -0.4 is 10.9 Å². The molecule has 5 nitrogen and oxygen atoms in total. The van der Waals surface area contributed by atoms with Gasteiger partial charge >= 0.3 is 6.09 Å². The fourth-order valence-electron chi connectivity index (χ4n) is 1.61. The molecule has 0 aliphatic rings. The number of carbonyl (C=O) groups excluding carboxylic acids is 1. The van der Waals surface area contributed by atoms with Crippen molar-refractivity contribution in [1.82, 2.24) is 4.98 Å². The Balaban J connectivity index is 2.51. The molecule has 94 valence electrons. The predicted octanol–water partition coefficient (Wildman–Crippen LogP) is 2.86. The fourth-order valence-corrected chi connectivity index (χ4v) is 1.97. The van der Waals surface area contributed by atoms with Crippen molar-refractivity contribution in [3.8, 4) is 0 Å². The zero-order valence-electron chi connectivity index (χ0n) is 9.62. The Morgan fingerprint density at radius 3 is 2.94 bits per heavy atom. The van der Waals surface area contributed by atoms with E-state index < -0.39 is 6.09 Å². The van der Waals surface area contributed by atoms with Crippen LogP contribution in [-0.4, -0.2) is 17.7 Å². The van der Waals surface area contributed by atoms with Crippen LogP contribution in [0.1, 0.15) is 6.92 Å². The van der Waals surface area contributed by atoms with Gasteiger partial charge in [-0.2, -0.15) is 0 Å². The average Bonchev–Trinajstić information content (AvgIpc) is 2.30. The van der Waals surface area contributed by atoms with Crippen molar-refractivity contribution in [3.05, 3.63) is 39.1 Å². The highest BCUT2D eigenvalue weighted by atomic mass is 79.9. The highest BCUT2D eigenvalue weighted by Crippen LogP contribution is 2.23. The molecule has 0 aliphatic heterocycles. The number of pyridine rings is 1. The molecule has 0 radical (unpaired) electrons. The lowest BCUT2D eigenvalue weighted by molar-refractivity contribution is 0.168. The summed E-state index contributed by atoms with van der Waals surface area (Å²) in [6, 6.07) is 6.71. The summed E-state index contributed by atoms with van der Waals surface area (Å²) in [5, 5.41) is 3.29. The molecule has 2 rings (SSSR count). The van der Waals surface area contributed by atoms with Gasteiger partial charge in [-0.05, 0) is 25.1 Å². The Morgan fingerprint density at radius 2 is 2.22 bits per heavy atom. The molecule has 0 bridgehead atoms. The molecule has 6 heteroatoms. The quantitative estimate of drug-likeness (QED) is 0.896. The molecule has 0 unspecified atom stereocenters. The van der Waals surface area contributed by atoms with Gasteiger partial charge in [-0.3, -0.25) is 10.1 Å². The molecule has 1 heterocycles. The van der Waals surface area contributed by atoms with E-state index in [1.807, 2.05) is 12.1 Å².